The molecule has 13 heavy (non-hydrogen) atoms. The smallest absolute Gasteiger partial charge is 0.380 e. The summed E-state index contributed by atoms with van der Waals surface area (Å²) in [5, 5.41) is 9.32. The first-order valence-corrected chi connectivity index (χ1v) is 4.30. The number of alkyl halides is 3. The highest BCUT2D eigenvalue weighted by atomic mass is 19.4. The van der Waals surface area contributed by atoms with E-state index in [2.05, 4.69) is 0 Å². The molecule has 76 valence electrons. The molecule has 1 nitrogen and oxygen atoms in total. The van der Waals surface area contributed by atoms with Crippen molar-refractivity contribution in [3.05, 3.63) is 12.2 Å². The van der Waals surface area contributed by atoms with Gasteiger partial charge < -0.3 is 5.11 Å². The van der Waals surface area contributed by atoms with Gasteiger partial charge in [-0.15, -0.1) is 0 Å². The van der Waals surface area contributed by atoms with Crippen molar-refractivity contribution in [2.24, 2.45) is 5.92 Å². The zero-order valence-electron chi connectivity index (χ0n) is 7.43. The highest BCUT2D eigenvalue weighted by Crippen LogP contribution is 2.40. The first kappa shape index (κ1) is 10.6. The van der Waals surface area contributed by atoms with Crippen LogP contribution in [0.4, 0.5) is 13.2 Å². The van der Waals surface area contributed by atoms with Gasteiger partial charge in [-0.2, -0.15) is 13.2 Å². The molecule has 0 saturated carbocycles. The van der Waals surface area contributed by atoms with E-state index in [9.17, 15) is 18.3 Å². The first-order valence-electron chi connectivity index (χ1n) is 4.30. The van der Waals surface area contributed by atoms with Gasteiger partial charge in [0, 0.05) is 5.92 Å². The van der Waals surface area contributed by atoms with E-state index in [4.69, 9.17) is 0 Å². The lowest BCUT2D eigenvalue weighted by Gasteiger charge is -2.35. The summed E-state index contributed by atoms with van der Waals surface area (Å²) in [6.07, 6.45) is 0.368. The van der Waals surface area contributed by atoms with Crippen LogP contribution in [-0.2, 0) is 0 Å². The zero-order valence-corrected chi connectivity index (χ0v) is 7.43. The SMILES string of the molecule is CC(O)(C1CC=CCC1)C(F)(F)F. The minimum atomic E-state index is -4.52. The average Bonchev–Trinajstić information content (AvgIpc) is 2.04. The Morgan fingerprint density at radius 2 is 1.92 bits per heavy atom. The Hall–Kier alpha value is -0.510. The van der Waals surface area contributed by atoms with Crippen LogP contribution in [0.5, 0.6) is 0 Å². The van der Waals surface area contributed by atoms with Crippen molar-refractivity contribution >= 4 is 0 Å². The maximum absolute atomic E-state index is 12.3. The largest absolute Gasteiger partial charge is 0.417 e. The van der Waals surface area contributed by atoms with Crippen LogP contribution in [0.25, 0.3) is 0 Å². The normalized spacial score (nSPS) is 28.5. The van der Waals surface area contributed by atoms with Crippen LogP contribution in [0.3, 0.4) is 0 Å². The van der Waals surface area contributed by atoms with Gasteiger partial charge in [0.15, 0.2) is 5.60 Å². The second kappa shape index (κ2) is 3.33. The number of hydrogen-bond acceptors (Lipinski definition) is 1. The van der Waals surface area contributed by atoms with E-state index in [1.807, 2.05) is 6.08 Å². The van der Waals surface area contributed by atoms with Gasteiger partial charge in [-0.25, -0.2) is 0 Å². The maximum Gasteiger partial charge on any atom is 0.417 e. The van der Waals surface area contributed by atoms with Crippen LogP contribution in [0.15, 0.2) is 12.2 Å². The minimum Gasteiger partial charge on any atom is -0.380 e. The van der Waals surface area contributed by atoms with E-state index in [1.165, 1.54) is 0 Å². The summed E-state index contributed by atoms with van der Waals surface area (Å²) in [5.74, 6) is -0.697. The molecule has 0 aliphatic heterocycles. The van der Waals surface area contributed by atoms with Gasteiger partial charge in [-0.05, 0) is 26.2 Å². The van der Waals surface area contributed by atoms with Gasteiger partial charge >= 0.3 is 6.18 Å². The van der Waals surface area contributed by atoms with Crippen molar-refractivity contribution in [1.82, 2.24) is 0 Å². The zero-order chi connectivity index (χ0) is 10.1. The Balaban J connectivity index is 2.74. The first-order chi connectivity index (χ1) is 5.86. The fourth-order valence-electron chi connectivity index (χ4n) is 1.54. The van der Waals surface area contributed by atoms with E-state index in [0.717, 1.165) is 6.92 Å². The fourth-order valence-corrected chi connectivity index (χ4v) is 1.54. The fraction of sp³-hybridized carbons (Fsp3) is 0.778. The van der Waals surface area contributed by atoms with Crippen LogP contribution in [0, 0.1) is 5.92 Å². The molecule has 1 aliphatic carbocycles. The van der Waals surface area contributed by atoms with Crippen molar-refractivity contribution < 1.29 is 18.3 Å². The van der Waals surface area contributed by atoms with E-state index in [0.29, 0.717) is 19.3 Å². The van der Waals surface area contributed by atoms with Crippen LogP contribution < -0.4 is 0 Å². The Bertz CT molecular complexity index is 205. The average molecular weight is 194 g/mol. The maximum atomic E-state index is 12.3. The molecule has 2 atom stereocenters. The molecule has 0 aromatic heterocycles. The lowest BCUT2D eigenvalue weighted by Crippen LogP contribution is -2.48. The third-order valence-corrected chi connectivity index (χ3v) is 2.64. The second-order valence-corrected chi connectivity index (χ2v) is 3.63. The Labute approximate surface area is 75.3 Å². The number of hydrogen-bond donors (Lipinski definition) is 1. The summed E-state index contributed by atoms with van der Waals surface area (Å²) in [7, 11) is 0. The third kappa shape index (κ3) is 2.05. The van der Waals surface area contributed by atoms with Crippen molar-refractivity contribution in [1.29, 1.82) is 0 Å². The summed E-state index contributed by atoms with van der Waals surface area (Å²) in [4.78, 5) is 0. The molecule has 4 heteroatoms. The molecule has 0 heterocycles. The number of halogens is 3. The molecular weight excluding hydrogens is 181 g/mol. The Morgan fingerprint density at radius 3 is 2.31 bits per heavy atom. The minimum absolute atomic E-state index is 0.312. The van der Waals surface area contributed by atoms with Gasteiger partial charge in [0.2, 0.25) is 0 Å². The standard InChI is InChI=1S/C9H13F3O/c1-8(13,9(10,11)12)7-5-3-2-4-6-7/h2-3,7,13H,4-6H2,1H3. The van der Waals surface area contributed by atoms with Crippen molar-refractivity contribution in [2.45, 2.75) is 38.0 Å². The molecule has 0 saturated heterocycles. The van der Waals surface area contributed by atoms with Crippen molar-refractivity contribution in [2.75, 3.05) is 0 Å². The van der Waals surface area contributed by atoms with Crippen molar-refractivity contribution in [3.63, 3.8) is 0 Å². The molecule has 1 N–H and O–H groups in total. The highest BCUT2D eigenvalue weighted by Gasteiger charge is 2.54. The Morgan fingerprint density at radius 1 is 1.31 bits per heavy atom. The molecule has 0 fully saturated rings. The van der Waals surface area contributed by atoms with Gasteiger partial charge in [0.05, 0.1) is 0 Å². The predicted molar refractivity (Wildman–Crippen MR) is 43.2 cm³/mol. The van der Waals surface area contributed by atoms with Crippen LogP contribution in [0.2, 0.25) is 0 Å². The summed E-state index contributed by atoms with van der Waals surface area (Å²) in [5.41, 5.74) is -2.54. The van der Waals surface area contributed by atoms with E-state index in [1.54, 1.807) is 6.08 Å². The molecule has 1 aliphatic rings. The predicted octanol–water partition coefficient (Wildman–Crippen LogP) is 2.66. The Kier molecular flexibility index (Phi) is 2.71. The molecule has 0 aromatic carbocycles. The van der Waals surface area contributed by atoms with E-state index in [-0.39, 0.29) is 0 Å². The second-order valence-electron chi connectivity index (χ2n) is 3.63. The molecule has 0 aromatic rings. The highest BCUT2D eigenvalue weighted by molar-refractivity contribution is 4.99. The van der Waals surface area contributed by atoms with Gasteiger partial charge in [0.25, 0.3) is 0 Å². The van der Waals surface area contributed by atoms with E-state index < -0.39 is 17.7 Å². The summed E-state index contributed by atoms with van der Waals surface area (Å²) < 4.78 is 37.0. The lowest BCUT2D eigenvalue weighted by molar-refractivity contribution is -0.272. The lowest BCUT2D eigenvalue weighted by atomic mass is 9.80. The third-order valence-electron chi connectivity index (χ3n) is 2.64. The van der Waals surface area contributed by atoms with Gasteiger partial charge in [-0.1, -0.05) is 12.2 Å². The molecular formula is C9H13F3O. The molecule has 2 unspecified atom stereocenters. The number of rotatable bonds is 1. The van der Waals surface area contributed by atoms with Crippen LogP contribution in [-0.4, -0.2) is 16.9 Å². The number of allylic oxidation sites excluding steroid dienone is 2. The molecule has 1 rings (SSSR count). The van der Waals surface area contributed by atoms with Crippen LogP contribution >= 0.6 is 0 Å². The topological polar surface area (TPSA) is 20.2 Å². The summed E-state index contributed by atoms with van der Waals surface area (Å²) in [6, 6.07) is 0. The van der Waals surface area contributed by atoms with Crippen LogP contribution in [0.1, 0.15) is 26.2 Å². The van der Waals surface area contributed by atoms with Gasteiger partial charge in [-0.3, -0.25) is 0 Å². The molecule has 0 amide bonds. The molecule has 0 radical (unpaired) electrons. The number of aliphatic hydroxyl groups is 1. The van der Waals surface area contributed by atoms with Crippen molar-refractivity contribution in [3.8, 4) is 0 Å². The monoisotopic (exact) mass is 194 g/mol. The summed E-state index contributed by atoms with van der Waals surface area (Å²) >= 11 is 0. The molecule has 0 bridgehead atoms. The van der Waals surface area contributed by atoms with E-state index >= 15 is 0 Å². The summed E-state index contributed by atoms with van der Waals surface area (Å²) in [6.45, 7) is 0.858. The molecule has 0 spiro atoms. The van der Waals surface area contributed by atoms with Gasteiger partial charge in [0.1, 0.15) is 0 Å². The quantitative estimate of drug-likeness (QED) is 0.636.